The molecule has 0 aliphatic carbocycles. The van der Waals surface area contributed by atoms with Gasteiger partial charge < -0.3 is 10.8 Å². The Morgan fingerprint density at radius 3 is 2.60 bits per heavy atom. The van der Waals surface area contributed by atoms with Gasteiger partial charge in [0.05, 0.1) is 0 Å². The van der Waals surface area contributed by atoms with E-state index < -0.39 is 12.0 Å². The quantitative estimate of drug-likeness (QED) is 0.561. The summed E-state index contributed by atoms with van der Waals surface area (Å²) < 4.78 is 0. The molecule has 0 aliphatic rings. The highest BCUT2D eigenvalue weighted by Gasteiger charge is 2.09. The van der Waals surface area contributed by atoms with Crippen molar-refractivity contribution >= 4 is 5.97 Å². The molecule has 0 saturated heterocycles. The van der Waals surface area contributed by atoms with Crippen LogP contribution < -0.4 is 5.73 Å². The van der Waals surface area contributed by atoms with Crippen molar-refractivity contribution in [3.63, 3.8) is 0 Å². The van der Waals surface area contributed by atoms with Gasteiger partial charge in [0.25, 0.3) is 0 Å². The summed E-state index contributed by atoms with van der Waals surface area (Å²) in [6, 6.07) is -0.688. The van der Waals surface area contributed by atoms with Gasteiger partial charge in [0.15, 0.2) is 0 Å². The minimum Gasteiger partial charge on any atom is -0.480 e. The lowest BCUT2D eigenvalue weighted by atomic mass is 10.1. The average molecular weight is 144 g/mol. The largest absolute Gasteiger partial charge is 0.480 e. The number of carboxylic acid groups (broad SMARTS) is 1. The van der Waals surface area contributed by atoms with E-state index in [2.05, 4.69) is 6.92 Å². The Morgan fingerprint density at radius 2 is 2.20 bits per heavy atom. The SMILES string of the molecule is [CH2]CCCC[C@@H](N)C(=O)O. The maximum atomic E-state index is 10.2. The van der Waals surface area contributed by atoms with Crippen molar-refractivity contribution in [1.29, 1.82) is 0 Å². The minimum absolute atomic E-state index is 0.560. The molecule has 1 radical (unpaired) electrons. The van der Waals surface area contributed by atoms with Gasteiger partial charge in [-0.2, -0.15) is 0 Å². The van der Waals surface area contributed by atoms with Gasteiger partial charge in [0, 0.05) is 0 Å². The van der Waals surface area contributed by atoms with Crippen molar-refractivity contribution in [3.8, 4) is 0 Å². The molecule has 3 N–H and O–H groups in total. The predicted octanol–water partition coefficient (Wildman–Crippen LogP) is 0.793. The Labute approximate surface area is 61.2 Å². The summed E-state index contributed by atoms with van der Waals surface area (Å²) in [4.78, 5) is 10.2. The van der Waals surface area contributed by atoms with Crippen LogP contribution in [0.15, 0.2) is 0 Å². The first kappa shape index (κ1) is 9.43. The van der Waals surface area contributed by atoms with Crippen LogP contribution in [0.1, 0.15) is 25.7 Å². The molecular weight excluding hydrogens is 130 g/mol. The van der Waals surface area contributed by atoms with Crippen molar-refractivity contribution in [1.82, 2.24) is 0 Å². The molecule has 0 bridgehead atoms. The first-order valence-electron chi connectivity index (χ1n) is 3.46. The van der Waals surface area contributed by atoms with E-state index >= 15 is 0 Å². The smallest absolute Gasteiger partial charge is 0.320 e. The second kappa shape index (κ2) is 5.23. The number of hydrogen-bond acceptors (Lipinski definition) is 2. The molecule has 3 nitrogen and oxygen atoms in total. The van der Waals surface area contributed by atoms with Crippen LogP contribution in [0.25, 0.3) is 0 Å². The van der Waals surface area contributed by atoms with Crippen LogP contribution in [-0.4, -0.2) is 17.1 Å². The first-order chi connectivity index (χ1) is 4.68. The lowest BCUT2D eigenvalue weighted by Crippen LogP contribution is -2.29. The molecule has 10 heavy (non-hydrogen) atoms. The Kier molecular flexibility index (Phi) is 4.94. The molecule has 0 unspecified atom stereocenters. The van der Waals surface area contributed by atoms with E-state index in [1.54, 1.807) is 0 Å². The summed E-state index contributed by atoms with van der Waals surface area (Å²) in [6.07, 6.45) is 3.23. The normalized spacial score (nSPS) is 13.0. The van der Waals surface area contributed by atoms with Gasteiger partial charge in [-0.05, 0) is 6.42 Å². The fourth-order valence-corrected chi connectivity index (χ4v) is 0.665. The molecule has 0 fully saturated rings. The third-order valence-electron chi connectivity index (χ3n) is 1.33. The fourth-order valence-electron chi connectivity index (χ4n) is 0.665. The number of rotatable bonds is 5. The zero-order chi connectivity index (χ0) is 7.98. The van der Waals surface area contributed by atoms with E-state index in [1.165, 1.54) is 0 Å². The van der Waals surface area contributed by atoms with E-state index in [4.69, 9.17) is 10.8 Å². The van der Waals surface area contributed by atoms with Gasteiger partial charge in [0.1, 0.15) is 6.04 Å². The van der Waals surface area contributed by atoms with E-state index in [9.17, 15) is 4.79 Å². The van der Waals surface area contributed by atoms with Gasteiger partial charge in [-0.1, -0.05) is 26.2 Å². The number of carbonyl (C=O) groups is 1. The molecular formula is C7H14NO2. The molecule has 0 aromatic heterocycles. The summed E-state index contributed by atoms with van der Waals surface area (Å²) in [6.45, 7) is 3.64. The van der Waals surface area contributed by atoms with Crippen molar-refractivity contribution in [2.45, 2.75) is 31.7 Å². The summed E-state index contributed by atoms with van der Waals surface area (Å²) in [5.41, 5.74) is 5.24. The molecule has 0 spiro atoms. The maximum Gasteiger partial charge on any atom is 0.320 e. The van der Waals surface area contributed by atoms with E-state index in [1.807, 2.05) is 0 Å². The minimum atomic E-state index is -0.913. The molecule has 0 saturated carbocycles. The van der Waals surface area contributed by atoms with Crippen molar-refractivity contribution in [2.75, 3.05) is 0 Å². The summed E-state index contributed by atoms with van der Waals surface area (Å²) in [7, 11) is 0. The standard InChI is InChI=1S/C7H14NO2/c1-2-3-4-5-6(8)7(9)10/h6H,1-5,8H2,(H,9,10)/t6-/m1/s1. The second-order valence-corrected chi connectivity index (χ2v) is 2.29. The Bertz CT molecular complexity index is 104. The van der Waals surface area contributed by atoms with Gasteiger partial charge in [-0.25, -0.2) is 0 Å². The highest BCUT2D eigenvalue weighted by atomic mass is 16.4. The van der Waals surface area contributed by atoms with Crippen LogP contribution in [0, 0.1) is 6.92 Å². The van der Waals surface area contributed by atoms with Crippen LogP contribution in [0.5, 0.6) is 0 Å². The van der Waals surface area contributed by atoms with Gasteiger partial charge in [-0.15, -0.1) is 0 Å². The van der Waals surface area contributed by atoms with E-state index in [0.717, 1.165) is 19.3 Å². The zero-order valence-corrected chi connectivity index (χ0v) is 6.05. The Morgan fingerprint density at radius 1 is 1.60 bits per heavy atom. The molecule has 0 aliphatic heterocycles. The lowest BCUT2D eigenvalue weighted by molar-refractivity contribution is -0.138. The molecule has 0 rings (SSSR count). The number of unbranched alkanes of at least 4 members (excludes halogenated alkanes) is 2. The topological polar surface area (TPSA) is 63.3 Å². The van der Waals surface area contributed by atoms with Gasteiger partial charge >= 0.3 is 5.97 Å². The average Bonchev–Trinajstić information content (AvgIpc) is 1.88. The number of hydrogen-bond donors (Lipinski definition) is 2. The summed E-state index contributed by atoms with van der Waals surface area (Å²) in [5, 5.41) is 8.34. The number of carboxylic acids is 1. The van der Waals surface area contributed by atoms with E-state index in [0.29, 0.717) is 6.42 Å². The Hall–Kier alpha value is -0.570. The lowest BCUT2D eigenvalue weighted by Gasteiger charge is -2.03. The molecule has 59 valence electrons. The molecule has 0 amide bonds. The molecule has 1 atom stereocenters. The third kappa shape index (κ3) is 4.32. The fraction of sp³-hybridized carbons (Fsp3) is 0.714. The molecule has 0 aromatic rings. The van der Waals surface area contributed by atoms with Gasteiger partial charge in [-0.3, -0.25) is 4.79 Å². The van der Waals surface area contributed by atoms with Crippen LogP contribution in [0.2, 0.25) is 0 Å². The second-order valence-electron chi connectivity index (χ2n) is 2.29. The van der Waals surface area contributed by atoms with Crippen molar-refractivity contribution < 1.29 is 9.90 Å². The van der Waals surface area contributed by atoms with Crippen molar-refractivity contribution in [2.24, 2.45) is 5.73 Å². The van der Waals surface area contributed by atoms with Crippen molar-refractivity contribution in [3.05, 3.63) is 6.92 Å². The monoisotopic (exact) mass is 144 g/mol. The van der Waals surface area contributed by atoms with Crippen LogP contribution >= 0.6 is 0 Å². The van der Waals surface area contributed by atoms with Crippen LogP contribution in [0.3, 0.4) is 0 Å². The highest BCUT2D eigenvalue weighted by Crippen LogP contribution is 2.00. The molecule has 0 heterocycles. The maximum absolute atomic E-state index is 10.2. The summed E-state index contributed by atoms with van der Waals surface area (Å²) in [5.74, 6) is -0.913. The zero-order valence-electron chi connectivity index (χ0n) is 6.05. The third-order valence-corrected chi connectivity index (χ3v) is 1.33. The number of nitrogens with two attached hydrogens (primary N) is 1. The Balaban J connectivity index is 3.21. The predicted molar refractivity (Wildman–Crippen MR) is 39.4 cm³/mol. The van der Waals surface area contributed by atoms with Crippen LogP contribution in [-0.2, 0) is 4.79 Å². The molecule has 3 heteroatoms. The first-order valence-corrected chi connectivity index (χ1v) is 3.46. The summed E-state index contributed by atoms with van der Waals surface area (Å²) >= 11 is 0. The van der Waals surface area contributed by atoms with Crippen LogP contribution in [0.4, 0.5) is 0 Å². The van der Waals surface area contributed by atoms with Gasteiger partial charge in [0.2, 0.25) is 0 Å². The number of aliphatic carboxylic acids is 1. The van der Waals surface area contributed by atoms with E-state index in [-0.39, 0.29) is 0 Å². The highest BCUT2D eigenvalue weighted by molar-refractivity contribution is 5.72. The molecule has 0 aromatic carbocycles.